The molecule has 31 heavy (non-hydrogen) atoms. The van der Waals surface area contributed by atoms with Crippen molar-refractivity contribution in [2.45, 2.75) is 38.2 Å². The third kappa shape index (κ3) is 6.12. The van der Waals surface area contributed by atoms with E-state index in [-0.39, 0.29) is 24.3 Å². The number of carbonyl (C=O) groups is 1. The SMILES string of the molecule is C=CCn1c(COc2ccc(Cl)cc2)nnc1SCC(=O)N(c1ccccc1)C(C)C. The molecule has 0 atom stereocenters. The highest BCUT2D eigenvalue weighted by molar-refractivity contribution is 7.99. The molecule has 1 amide bonds. The van der Waals surface area contributed by atoms with Crippen LogP contribution < -0.4 is 9.64 Å². The Balaban J connectivity index is 1.68. The van der Waals surface area contributed by atoms with Crippen LogP contribution in [0.1, 0.15) is 19.7 Å². The molecule has 3 aromatic rings. The Kier molecular flexibility index (Phi) is 8.14. The molecule has 0 fully saturated rings. The predicted octanol–water partition coefficient (Wildman–Crippen LogP) is 5.23. The molecule has 0 spiro atoms. The zero-order chi connectivity index (χ0) is 22.2. The summed E-state index contributed by atoms with van der Waals surface area (Å²) in [4.78, 5) is 14.8. The third-order valence-electron chi connectivity index (χ3n) is 4.43. The van der Waals surface area contributed by atoms with Crippen molar-refractivity contribution in [1.82, 2.24) is 14.8 Å². The molecule has 0 aliphatic carbocycles. The minimum Gasteiger partial charge on any atom is -0.486 e. The quantitative estimate of drug-likeness (QED) is 0.309. The number of para-hydroxylation sites is 1. The van der Waals surface area contributed by atoms with Gasteiger partial charge in [0.1, 0.15) is 12.4 Å². The molecule has 0 unspecified atom stereocenters. The maximum atomic E-state index is 13.0. The number of hydrogen-bond acceptors (Lipinski definition) is 5. The number of halogens is 1. The molecule has 162 valence electrons. The Bertz CT molecular complexity index is 1010. The van der Waals surface area contributed by atoms with E-state index in [2.05, 4.69) is 16.8 Å². The molecule has 3 rings (SSSR count). The molecule has 0 saturated carbocycles. The van der Waals surface area contributed by atoms with Crippen molar-refractivity contribution in [3.63, 3.8) is 0 Å². The van der Waals surface area contributed by atoms with Crippen molar-refractivity contribution in [2.24, 2.45) is 0 Å². The second-order valence-corrected chi connectivity index (χ2v) is 8.40. The van der Waals surface area contributed by atoms with E-state index in [0.29, 0.717) is 28.3 Å². The van der Waals surface area contributed by atoms with Crippen LogP contribution in [0, 0.1) is 0 Å². The molecule has 0 aliphatic heterocycles. The summed E-state index contributed by atoms with van der Waals surface area (Å²) in [6.07, 6.45) is 1.77. The Hall–Kier alpha value is -2.77. The molecule has 0 radical (unpaired) electrons. The van der Waals surface area contributed by atoms with E-state index in [1.807, 2.05) is 48.7 Å². The molecule has 1 heterocycles. The highest BCUT2D eigenvalue weighted by Gasteiger charge is 2.21. The lowest BCUT2D eigenvalue weighted by atomic mass is 10.2. The first-order valence-electron chi connectivity index (χ1n) is 9.91. The molecule has 8 heteroatoms. The van der Waals surface area contributed by atoms with Crippen LogP contribution in [0.5, 0.6) is 5.75 Å². The van der Waals surface area contributed by atoms with Gasteiger partial charge in [0.25, 0.3) is 0 Å². The average molecular weight is 457 g/mol. The Morgan fingerprint density at radius 2 is 1.90 bits per heavy atom. The fourth-order valence-electron chi connectivity index (χ4n) is 3.04. The first kappa shape index (κ1) is 22.9. The van der Waals surface area contributed by atoms with Crippen LogP contribution in [0.3, 0.4) is 0 Å². The van der Waals surface area contributed by atoms with Crippen LogP contribution in [-0.4, -0.2) is 32.5 Å². The zero-order valence-electron chi connectivity index (χ0n) is 17.6. The van der Waals surface area contributed by atoms with Gasteiger partial charge < -0.3 is 9.64 Å². The molecular weight excluding hydrogens is 432 g/mol. The lowest BCUT2D eigenvalue weighted by molar-refractivity contribution is -0.116. The first-order chi connectivity index (χ1) is 15.0. The summed E-state index contributed by atoms with van der Waals surface area (Å²) in [6, 6.07) is 16.9. The van der Waals surface area contributed by atoms with Gasteiger partial charge in [-0.25, -0.2) is 0 Å². The Morgan fingerprint density at radius 3 is 2.55 bits per heavy atom. The van der Waals surface area contributed by atoms with Crippen molar-refractivity contribution < 1.29 is 9.53 Å². The summed E-state index contributed by atoms with van der Waals surface area (Å²) in [7, 11) is 0. The van der Waals surface area contributed by atoms with Gasteiger partial charge in [-0.05, 0) is 50.2 Å². The zero-order valence-corrected chi connectivity index (χ0v) is 19.1. The summed E-state index contributed by atoms with van der Waals surface area (Å²) in [6.45, 7) is 8.59. The third-order valence-corrected chi connectivity index (χ3v) is 5.63. The molecule has 2 aromatic carbocycles. The maximum Gasteiger partial charge on any atom is 0.237 e. The smallest absolute Gasteiger partial charge is 0.237 e. The molecular formula is C23H25ClN4O2S. The largest absolute Gasteiger partial charge is 0.486 e. The summed E-state index contributed by atoms with van der Waals surface area (Å²) in [5.41, 5.74) is 0.882. The van der Waals surface area contributed by atoms with Gasteiger partial charge in [0.2, 0.25) is 5.91 Å². The maximum absolute atomic E-state index is 13.0. The van der Waals surface area contributed by atoms with E-state index in [1.54, 1.807) is 35.2 Å². The number of benzene rings is 2. The van der Waals surface area contributed by atoms with E-state index in [4.69, 9.17) is 16.3 Å². The van der Waals surface area contributed by atoms with E-state index >= 15 is 0 Å². The standard InChI is InChI=1S/C23H25ClN4O2S/c1-4-14-27-21(15-30-20-12-10-18(24)11-13-20)25-26-23(27)31-16-22(29)28(17(2)3)19-8-6-5-7-9-19/h4-13,17H,1,14-16H2,2-3H3. The van der Waals surface area contributed by atoms with Gasteiger partial charge in [0.15, 0.2) is 11.0 Å². The highest BCUT2D eigenvalue weighted by Crippen LogP contribution is 2.23. The van der Waals surface area contributed by atoms with Crippen molar-refractivity contribution in [3.05, 3.63) is 78.1 Å². The Morgan fingerprint density at radius 1 is 1.19 bits per heavy atom. The second kappa shape index (κ2) is 11.0. The number of anilines is 1. The highest BCUT2D eigenvalue weighted by atomic mass is 35.5. The van der Waals surface area contributed by atoms with Gasteiger partial charge in [0, 0.05) is 23.3 Å². The van der Waals surface area contributed by atoms with E-state index in [0.717, 1.165) is 5.69 Å². The molecule has 0 aliphatic rings. The average Bonchev–Trinajstić information content (AvgIpc) is 3.14. The first-order valence-corrected chi connectivity index (χ1v) is 11.3. The normalized spacial score (nSPS) is 10.8. The summed E-state index contributed by atoms with van der Waals surface area (Å²) >= 11 is 7.27. The number of ether oxygens (including phenoxy) is 1. The van der Waals surface area contributed by atoms with Crippen LogP contribution in [0.25, 0.3) is 0 Å². The van der Waals surface area contributed by atoms with Gasteiger partial charge >= 0.3 is 0 Å². The predicted molar refractivity (Wildman–Crippen MR) is 126 cm³/mol. The number of amides is 1. The van der Waals surface area contributed by atoms with Crippen molar-refractivity contribution in [1.29, 1.82) is 0 Å². The van der Waals surface area contributed by atoms with Crippen molar-refractivity contribution in [3.8, 4) is 5.75 Å². The van der Waals surface area contributed by atoms with Crippen LogP contribution in [0.4, 0.5) is 5.69 Å². The van der Waals surface area contributed by atoms with Crippen LogP contribution in [0.15, 0.2) is 72.4 Å². The van der Waals surface area contributed by atoms with Gasteiger partial charge in [-0.3, -0.25) is 9.36 Å². The van der Waals surface area contributed by atoms with E-state index < -0.39 is 0 Å². The fourth-order valence-corrected chi connectivity index (χ4v) is 3.99. The summed E-state index contributed by atoms with van der Waals surface area (Å²) in [5.74, 6) is 1.62. The number of allylic oxidation sites excluding steroid dienone is 1. The molecule has 6 nitrogen and oxygen atoms in total. The number of carbonyl (C=O) groups excluding carboxylic acids is 1. The summed E-state index contributed by atoms with van der Waals surface area (Å²) < 4.78 is 7.71. The van der Waals surface area contributed by atoms with Crippen LogP contribution in [-0.2, 0) is 17.9 Å². The molecule has 0 bridgehead atoms. The fraction of sp³-hybridized carbons (Fsp3) is 0.261. The lowest BCUT2D eigenvalue weighted by Gasteiger charge is -2.26. The van der Waals surface area contributed by atoms with Gasteiger partial charge in [-0.2, -0.15) is 0 Å². The lowest BCUT2D eigenvalue weighted by Crippen LogP contribution is -2.38. The Labute approximate surface area is 191 Å². The number of nitrogens with zero attached hydrogens (tertiary/aromatic N) is 4. The van der Waals surface area contributed by atoms with Crippen LogP contribution >= 0.6 is 23.4 Å². The number of thioether (sulfide) groups is 1. The monoisotopic (exact) mass is 456 g/mol. The topological polar surface area (TPSA) is 60.2 Å². The van der Waals surface area contributed by atoms with Crippen molar-refractivity contribution in [2.75, 3.05) is 10.7 Å². The molecule has 0 saturated heterocycles. The number of hydrogen-bond donors (Lipinski definition) is 0. The van der Waals surface area contributed by atoms with E-state index in [9.17, 15) is 4.79 Å². The van der Waals surface area contributed by atoms with Gasteiger partial charge in [-0.15, -0.1) is 16.8 Å². The number of aromatic nitrogens is 3. The van der Waals surface area contributed by atoms with E-state index in [1.165, 1.54) is 11.8 Å². The van der Waals surface area contributed by atoms with Crippen molar-refractivity contribution >= 4 is 35.0 Å². The van der Waals surface area contributed by atoms with Crippen LogP contribution in [0.2, 0.25) is 5.02 Å². The summed E-state index contributed by atoms with van der Waals surface area (Å²) in [5, 5.41) is 9.82. The second-order valence-electron chi connectivity index (χ2n) is 7.02. The minimum absolute atomic E-state index is 0.0123. The van der Waals surface area contributed by atoms with Gasteiger partial charge in [-0.1, -0.05) is 47.6 Å². The van der Waals surface area contributed by atoms with Gasteiger partial charge in [0.05, 0.1) is 5.75 Å². The molecule has 0 N–H and O–H groups in total. The molecule has 1 aromatic heterocycles. The number of rotatable bonds is 10. The minimum atomic E-state index is 0.0123.